The van der Waals surface area contributed by atoms with Crippen molar-refractivity contribution in [3.05, 3.63) is 69.2 Å². The number of carbonyl (C=O) groups is 2. The van der Waals surface area contributed by atoms with Crippen molar-refractivity contribution in [2.45, 2.75) is 0 Å². The Hall–Kier alpha value is -2.65. The minimum Gasteiger partial charge on any atom is -0.288 e. The van der Waals surface area contributed by atoms with Crippen molar-refractivity contribution in [3.8, 4) is 0 Å². The van der Waals surface area contributed by atoms with E-state index < -0.39 is 34.6 Å². The van der Waals surface area contributed by atoms with Crippen LogP contribution in [-0.4, -0.2) is 35.3 Å². The first-order valence-electron chi connectivity index (χ1n) is 6.85. The highest BCUT2D eigenvalue weighted by molar-refractivity contribution is 9.10. The van der Waals surface area contributed by atoms with Gasteiger partial charge in [0.25, 0.3) is 11.8 Å². The van der Waals surface area contributed by atoms with Gasteiger partial charge in [0.05, 0.1) is 17.3 Å². The molecule has 2 aromatic carbocycles. The molecule has 25 heavy (non-hydrogen) atoms. The highest BCUT2D eigenvalue weighted by Crippen LogP contribution is 2.18. The predicted molar refractivity (Wildman–Crippen MR) is 89.4 cm³/mol. The van der Waals surface area contributed by atoms with E-state index in [-0.39, 0.29) is 0 Å². The van der Waals surface area contributed by atoms with Crippen LogP contribution >= 0.6 is 15.9 Å². The van der Waals surface area contributed by atoms with E-state index in [1.54, 1.807) is 24.3 Å². The second-order valence-corrected chi connectivity index (χ2v) is 5.70. The van der Waals surface area contributed by atoms with Crippen LogP contribution in [0.5, 0.6) is 0 Å². The number of hydrogen-bond acceptors (Lipinski definition) is 4. The van der Waals surface area contributed by atoms with Crippen LogP contribution in [-0.2, 0) is 0 Å². The van der Waals surface area contributed by atoms with Crippen molar-refractivity contribution in [3.63, 3.8) is 0 Å². The summed E-state index contributed by atoms with van der Waals surface area (Å²) in [6.45, 7) is 0. The Balaban J connectivity index is 2.25. The third-order valence-corrected chi connectivity index (χ3v) is 3.89. The van der Waals surface area contributed by atoms with Gasteiger partial charge in [-0.3, -0.25) is 14.8 Å². The van der Waals surface area contributed by atoms with Crippen LogP contribution in [0.15, 0.2) is 46.0 Å². The van der Waals surface area contributed by atoms with Gasteiger partial charge in [0, 0.05) is 17.1 Å². The minimum absolute atomic E-state index is 0.332. The third kappa shape index (κ3) is 4.25. The summed E-state index contributed by atoms with van der Waals surface area (Å²) in [4.78, 5) is 23.4. The average Bonchev–Trinajstić information content (AvgIpc) is 2.59. The molecule has 2 N–H and O–H groups in total. The standard InChI is InChI=1S/C16H12BrF2N3O3/c1-22(16(24)10-4-2-3-5-12(10)17)20-8-11-13(18)6-9(7-14(11)19)15(23)21-25/h2-8,25H,1H3,(H,21,23). The van der Waals surface area contributed by atoms with Crippen LogP contribution in [0.1, 0.15) is 26.3 Å². The quantitative estimate of drug-likeness (QED) is 0.460. The highest BCUT2D eigenvalue weighted by Gasteiger charge is 2.16. The van der Waals surface area contributed by atoms with Crippen LogP contribution in [0.3, 0.4) is 0 Å². The van der Waals surface area contributed by atoms with E-state index in [2.05, 4.69) is 21.0 Å². The highest BCUT2D eigenvalue weighted by atomic mass is 79.9. The maximum Gasteiger partial charge on any atom is 0.274 e. The summed E-state index contributed by atoms with van der Waals surface area (Å²) in [5.41, 5.74) is 0.689. The fourth-order valence-corrected chi connectivity index (χ4v) is 2.36. The van der Waals surface area contributed by atoms with Crippen LogP contribution in [0.4, 0.5) is 8.78 Å². The molecule has 0 aliphatic carbocycles. The molecule has 9 heteroatoms. The maximum absolute atomic E-state index is 13.9. The Kier molecular flexibility index (Phi) is 5.94. The predicted octanol–water partition coefficient (Wildman–Crippen LogP) is 2.95. The van der Waals surface area contributed by atoms with Crippen molar-refractivity contribution < 1.29 is 23.6 Å². The number of benzene rings is 2. The smallest absolute Gasteiger partial charge is 0.274 e. The lowest BCUT2D eigenvalue weighted by molar-refractivity contribution is 0.0705. The molecule has 0 aliphatic rings. The summed E-state index contributed by atoms with van der Waals surface area (Å²) in [5, 5.41) is 13.1. The zero-order chi connectivity index (χ0) is 18.6. The van der Waals surface area contributed by atoms with Gasteiger partial charge in [0.15, 0.2) is 0 Å². The molecule has 6 nitrogen and oxygen atoms in total. The number of nitrogens with one attached hydrogen (secondary N) is 1. The summed E-state index contributed by atoms with van der Waals surface area (Å²) >= 11 is 3.24. The molecule has 0 atom stereocenters. The van der Waals surface area contributed by atoms with E-state index in [1.807, 2.05) is 0 Å². The van der Waals surface area contributed by atoms with Crippen molar-refractivity contribution in [2.24, 2.45) is 5.10 Å². The topological polar surface area (TPSA) is 82.0 Å². The van der Waals surface area contributed by atoms with Crippen molar-refractivity contribution in [1.29, 1.82) is 0 Å². The summed E-state index contributed by atoms with van der Waals surface area (Å²) in [5.74, 6) is -3.67. The molecule has 0 saturated heterocycles. The molecule has 0 fully saturated rings. The minimum atomic E-state index is -1.07. The van der Waals surface area contributed by atoms with Gasteiger partial charge in [-0.05, 0) is 40.2 Å². The Morgan fingerprint density at radius 3 is 2.40 bits per heavy atom. The normalized spacial score (nSPS) is 10.8. The summed E-state index contributed by atoms with van der Waals surface area (Å²) in [6.07, 6.45) is 0.833. The average molecular weight is 412 g/mol. The molecule has 0 radical (unpaired) electrons. The van der Waals surface area contributed by atoms with E-state index in [4.69, 9.17) is 5.21 Å². The van der Waals surface area contributed by atoms with Crippen molar-refractivity contribution >= 4 is 34.0 Å². The van der Waals surface area contributed by atoms with Gasteiger partial charge in [-0.15, -0.1) is 0 Å². The van der Waals surface area contributed by atoms with Gasteiger partial charge in [-0.25, -0.2) is 19.3 Å². The molecule has 130 valence electrons. The lowest BCUT2D eigenvalue weighted by Gasteiger charge is -2.12. The second kappa shape index (κ2) is 7.95. The SMILES string of the molecule is CN(N=Cc1c(F)cc(C(=O)NO)cc1F)C(=O)c1ccccc1Br. The molecule has 0 bridgehead atoms. The number of hydrazone groups is 1. The summed E-state index contributed by atoms with van der Waals surface area (Å²) in [6, 6.07) is 8.13. The van der Waals surface area contributed by atoms with Crippen molar-refractivity contribution in [1.82, 2.24) is 10.5 Å². The number of hydrogen-bond donors (Lipinski definition) is 2. The zero-order valence-electron chi connectivity index (χ0n) is 12.8. The molecule has 0 spiro atoms. The Labute approximate surface area is 149 Å². The molecule has 0 saturated carbocycles. The Morgan fingerprint density at radius 1 is 1.24 bits per heavy atom. The van der Waals surface area contributed by atoms with E-state index in [0.717, 1.165) is 23.4 Å². The fourth-order valence-electron chi connectivity index (χ4n) is 1.91. The van der Waals surface area contributed by atoms with Gasteiger partial charge in [0.2, 0.25) is 0 Å². The summed E-state index contributed by atoms with van der Waals surface area (Å²) in [7, 11) is 1.33. The van der Waals surface area contributed by atoms with Crippen molar-refractivity contribution in [2.75, 3.05) is 7.05 Å². The van der Waals surface area contributed by atoms with Crippen LogP contribution in [0.2, 0.25) is 0 Å². The number of carbonyl (C=O) groups excluding carboxylic acids is 2. The largest absolute Gasteiger partial charge is 0.288 e. The Morgan fingerprint density at radius 2 is 1.84 bits per heavy atom. The van der Waals surface area contributed by atoms with Gasteiger partial charge in [-0.1, -0.05) is 12.1 Å². The lowest BCUT2D eigenvalue weighted by Crippen LogP contribution is -2.22. The van der Waals surface area contributed by atoms with Gasteiger partial charge < -0.3 is 0 Å². The van der Waals surface area contributed by atoms with Gasteiger partial charge in [-0.2, -0.15) is 5.10 Å². The molecular weight excluding hydrogens is 400 g/mol. The molecule has 0 unspecified atom stereocenters. The van der Waals surface area contributed by atoms with Crippen LogP contribution in [0.25, 0.3) is 0 Å². The van der Waals surface area contributed by atoms with Crippen LogP contribution < -0.4 is 5.48 Å². The fraction of sp³-hybridized carbons (Fsp3) is 0.0625. The molecule has 2 aromatic rings. The van der Waals surface area contributed by atoms with Gasteiger partial charge in [0.1, 0.15) is 11.6 Å². The molecule has 0 aromatic heterocycles. The molecule has 2 rings (SSSR count). The lowest BCUT2D eigenvalue weighted by atomic mass is 10.1. The molecule has 0 aliphatic heterocycles. The first-order chi connectivity index (χ1) is 11.8. The van der Waals surface area contributed by atoms with Crippen LogP contribution in [0, 0.1) is 11.6 Å². The monoisotopic (exact) mass is 411 g/mol. The van der Waals surface area contributed by atoms with E-state index >= 15 is 0 Å². The molecular formula is C16H12BrF2N3O3. The van der Waals surface area contributed by atoms with E-state index in [9.17, 15) is 18.4 Å². The zero-order valence-corrected chi connectivity index (χ0v) is 14.4. The number of halogens is 3. The number of rotatable bonds is 4. The van der Waals surface area contributed by atoms with E-state index in [0.29, 0.717) is 10.0 Å². The molecule has 2 amide bonds. The third-order valence-electron chi connectivity index (χ3n) is 3.20. The second-order valence-electron chi connectivity index (χ2n) is 4.85. The molecule has 0 heterocycles. The number of nitrogens with zero attached hydrogens (tertiary/aromatic N) is 2. The first-order valence-corrected chi connectivity index (χ1v) is 7.64. The first kappa shape index (κ1) is 18.7. The van der Waals surface area contributed by atoms with E-state index in [1.165, 1.54) is 12.5 Å². The Bertz CT molecular complexity index is 835. The number of hydroxylamine groups is 1. The number of amides is 2. The maximum atomic E-state index is 13.9. The van der Waals surface area contributed by atoms with Gasteiger partial charge >= 0.3 is 0 Å². The summed E-state index contributed by atoms with van der Waals surface area (Å²) < 4.78 is 28.4.